The van der Waals surface area contributed by atoms with E-state index in [1.54, 1.807) is 0 Å². The van der Waals surface area contributed by atoms with Crippen LogP contribution < -0.4 is 4.90 Å². The molecule has 0 saturated carbocycles. The van der Waals surface area contributed by atoms with Crippen LogP contribution in [0.4, 0.5) is 5.69 Å². The molecule has 0 aliphatic carbocycles. The van der Waals surface area contributed by atoms with Crippen LogP contribution in [0.3, 0.4) is 0 Å². The van der Waals surface area contributed by atoms with E-state index in [9.17, 15) is 81.5 Å². The van der Waals surface area contributed by atoms with Crippen LogP contribution in [-0.4, -0.2) is 294 Å². The van der Waals surface area contributed by atoms with Crippen molar-refractivity contribution in [2.24, 2.45) is 0 Å². The molecule has 0 unspecified atom stereocenters. The number of fused-ring (bicyclic) bond motifs is 1. The standard InChI is InChI=1S/C70H87NO43/c1-26(72)90-21-45-50(95-30(5)76)56(99-34(9)80)61(103-38(13)84)67(108-45)94-25-44-54(112-68-62(104-39(14)85)57(100-35(10)81)51(96-31(6)77)46(109-68)22-91-27(2)73)55(113-69-63(105-40(15)86)58(101-36(11)82)52(97-32(7)78)47(110-69)23-92-28(3)74)60(66(107-44)71-43-20-18-17-19-42(43)49(88)65(71)89)114-70-64(106-41(16)87)59(102-37(12)83)53(98-33(8)79)48(111-70)24-93-29(4)75/h17-20,44-48,50-64,66-70H,21-25H2,1-16H3/t44-,45-,46-,47-,48-,50-,51-,52-,53-,54-,55+,56+,57+,58+,59+,60+,61+,62+,63+,64+,66-,67-,68+,69+,70+/m1/s1. The van der Waals surface area contributed by atoms with Crippen molar-refractivity contribution in [3.05, 3.63) is 29.8 Å². The van der Waals surface area contributed by atoms with E-state index in [0.29, 0.717) is 4.90 Å². The lowest BCUT2D eigenvalue weighted by molar-refractivity contribution is -0.393. The second kappa shape index (κ2) is 40.5. The molecule has 1 aromatic carbocycles. The molecule has 0 radical (unpaired) electrons. The first-order valence-corrected chi connectivity index (χ1v) is 35.0. The number of benzene rings is 1. The minimum absolute atomic E-state index is 0.364. The first-order chi connectivity index (χ1) is 53.5. The SMILES string of the molecule is CC(=O)OC[C@H]1O[C@@H](OC[C@H]2O[C@@H](N3C(=O)C(=O)c4ccccc43)[C@@H](O[C@@H]3O[C@H](COC(C)=O)[C@@H](OC(C)=O)[C@H](OC(C)=O)[C@@H]3OC(C)=O)[C@@H](O[C@@H]3O[C@H](COC(C)=O)[C@@H](OC(C)=O)[C@H](OC(C)=O)[C@@H]3OC(C)=O)[C@@H]2O[C@@H]2O[C@H](COC(C)=O)[C@@H](OC(C)=O)[C@H](OC(C)=O)[C@@H]2OC(C)=O)[C@@H](OC(C)=O)[C@@H](OC(C)=O)[C@@H]1OC(C)=O. The number of ether oxygens (including phenoxy) is 25. The van der Waals surface area contributed by atoms with E-state index in [4.69, 9.17) is 118 Å². The molecule has 5 saturated heterocycles. The van der Waals surface area contributed by atoms with Gasteiger partial charge in [-0.2, -0.15) is 0 Å². The van der Waals surface area contributed by atoms with Gasteiger partial charge >= 0.3 is 101 Å². The van der Waals surface area contributed by atoms with Crippen molar-refractivity contribution in [3.8, 4) is 0 Å². The zero-order valence-electron chi connectivity index (χ0n) is 64.3. The molecule has 1 amide bonds. The number of nitrogens with zero attached hydrogens (tertiary/aromatic N) is 1. The van der Waals surface area contributed by atoms with Crippen molar-refractivity contribution in [2.45, 2.75) is 264 Å². The molecule has 0 N–H and O–H groups in total. The Hall–Kier alpha value is -10.5. The third kappa shape index (κ3) is 24.3. The zero-order chi connectivity index (χ0) is 84.6. The lowest BCUT2D eigenvalue weighted by Crippen LogP contribution is -2.72. The Balaban J connectivity index is 1.68. The van der Waals surface area contributed by atoms with Crippen LogP contribution in [0.2, 0.25) is 0 Å². The summed E-state index contributed by atoms with van der Waals surface area (Å²) in [6.07, 6.45) is -55.5. The van der Waals surface area contributed by atoms with Crippen molar-refractivity contribution in [2.75, 3.05) is 37.9 Å². The molecule has 6 aliphatic rings. The molecule has 6 heterocycles. The van der Waals surface area contributed by atoms with Gasteiger partial charge in [-0.05, 0) is 12.1 Å². The van der Waals surface area contributed by atoms with Crippen LogP contribution in [0.15, 0.2) is 24.3 Å². The molecule has 114 heavy (non-hydrogen) atoms. The first kappa shape index (κ1) is 90.7. The number of hydrogen-bond acceptors (Lipinski definition) is 43. The van der Waals surface area contributed by atoms with Crippen LogP contribution in [-0.2, 0) is 200 Å². The monoisotopic (exact) mass is 1630 g/mol. The Morgan fingerprint density at radius 2 is 0.518 bits per heavy atom. The second-order valence-corrected chi connectivity index (χ2v) is 26.0. The van der Waals surface area contributed by atoms with E-state index < -0.39 is 294 Å². The van der Waals surface area contributed by atoms with Crippen molar-refractivity contribution in [1.29, 1.82) is 0 Å². The molecule has 7 rings (SSSR count). The van der Waals surface area contributed by atoms with Crippen LogP contribution in [0.1, 0.15) is 121 Å². The lowest BCUT2D eigenvalue weighted by atomic mass is 9.93. The van der Waals surface area contributed by atoms with Crippen molar-refractivity contribution >= 4 is 113 Å². The topological polar surface area (TPSA) is 541 Å². The number of ketones is 1. The zero-order valence-corrected chi connectivity index (χ0v) is 64.3. The van der Waals surface area contributed by atoms with Gasteiger partial charge < -0.3 is 118 Å². The van der Waals surface area contributed by atoms with Gasteiger partial charge in [-0.3, -0.25) is 91.2 Å². The van der Waals surface area contributed by atoms with Gasteiger partial charge in [0.25, 0.3) is 5.78 Å². The van der Waals surface area contributed by atoms with Gasteiger partial charge in [0.2, 0.25) is 0 Å². The predicted octanol–water partition coefficient (Wildman–Crippen LogP) is -1.55. The fraction of sp³-hybridized carbons (Fsp3) is 0.657. The largest absolute Gasteiger partial charge is 0.463 e. The summed E-state index contributed by atoms with van der Waals surface area (Å²) in [4.78, 5) is 242. The minimum Gasteiger partial charge on any atom is -0.463 e. The number of amides is 1. The fourth-order valence-corrected chi connectivity index (χ4v) is 13.0. The number of carbonyl (C=O) groups excluding carboxylic acids is 18. The molecule has 25 atom stereocenters. The molecule has 1 aromatic rings. The minimum atomic E-state index is -2.66. The van der Waals surface area contributed by atoms with Crippen LogP contribution in [0.25, 0.3) is 0 Å². The fourth-order valence-electron chi connectivity index (χ4n) is 13.0. The molecular weight excluding hydrogens is 1540 g/mol. The summed E-state index contributed by atoms with van der Waals surface area (Å²) >= 11 is 0. The number of anilines is 1. The summed E-state index contributed by atoms with van der Waals surface area (Å²) in [5, 5.41) is 0. The molecule has 630 valence electrons. The Kier molecular flexibility index (Phi) is 32.2. The molecule has 0 spiro atoms. The maximum Gasteiger partial charge on any atom is 0.303 e. The first-order valence-electron chi connectivity index (χ1n) is 35.0. The molecular formula is C70H87NO43. The number of carbonyl (C=O) groups is 18. The third-order valence-corrected chi connectivity index (χ3v) is 16.8. The van der Waals surface area contributed by atoms with E-state index >= 15 is 4.79 Å². The van der Waals surface area contributed by atoms with Crippen molar-refractivity contribution < 1.29 is 205 Å². The highest BCUT2D eigenvalue weighted by atomic mass is 16.8. The van der Waals surface area contributed by atoms with E-state index in [-0.39, 0.29) is 11.3 Å². The molecule has 44 nitrogen and oxygen atoms in total. The Labute approximate surface area is 647 Å². The van der Waals surface area contributed by atoms with Crippen LogP contribution >= 0.6 is 0 Å². The van der Waals surface area contributed by atoms with Gasteiger partial charge in [-0.25, -0.2) is 0 Å². The number of rotatable bonds is 30. The number of esters is 16. The van der Waals surface area contributed by atoms with E-state index in [1.165, 1.54) is 24.3 Å². The predicted molar refractivity (Wildman–Crippen MR) is 355 cm³/mol. The maximum absolute atomic E-state index is 15.4. The Morgan fingerprint density at radius 3 is 0.816 bits per heavy atom. The number of para-hydroxylation sites is 1. The van der Waals surface area contributed by atoms with Gasteiger partial charge in [0.1, 0.15) is 75.3 Å². The summed E-state index contributed by atoms with van der Waals surface area (Å²) in [7, 11) is 0. The van der Waals surface area contributed by atoms with E-state index in [0.717, 1.165) is 111 Å². The van der Waals surface area contributed by atoms with Crippen molar-refractivity contribution in [3.63, 3.8) is 0 Å². The lowest BCUT2D eigenvalue weighted by Gasteiger charge is -2.53. The summed E-state index contributed by atoms with van der Waals surface area (Å²) < 4.78 is 151. The van der Waals surface area contributed by atoms with Gasteiger partial charge in [-0.15, -0.1) is 0 Å². The normalized spacial score (nSPS) is 31.6. The van der Waals surface area contributed by atoms with E-state index in [2.05, 4.69) is 0 Å². The molecule has 0 aromatic heterocycles. The van der Waals surface area contributed by atoms with E-state index in [1.807, 2.05) is 0 Å². The van der Waals surface area contributed by atoms with Crippen molar-refractivity contribution in [1.82, 2.24) is 0 Å². The number of hydrogen-bond donors (Lipinski definition) is 0. The van der Waals surface area contributed by atoms with Gasteiger partial charge in [0.15, 0.2) is 105 Å². The van der Waals surface area contributed by atoms with Crippen LogP contribution in [0.5, 0.6) is 0 Å². The third-order valence-electron chi connectivity index (χ3n) is 16.8. The molecule has 5 fully saturated rings. The molecule has 6 aliphatic heterocycles. The van der Waals surface area contributed by atoms with Gasteiger partial charge in [0, 0.05) is 111 Å². The molecule has 44 heteroatoms. The summed E-state index contributed by atoms with van der Waals surface area (Å²) in [5.74, 6) is -21.0. The highest BCUT2D eigenvalue weighted by Gasteiger charge is 2.64. The summed E-state index contributed by atoms with van der Waals surface area (Å²) in [6, 6.07) is 5.04. The number of Topliss-reactive ketones (excluding diaryl/α,β-unsaturated/α-hetero) is 1. The highest BCUT2D eigenvalue weighted by molar-refractivity contribution is 6.52. The van der Waals surface area contributed by atoms with Gasteiger partial charge in [-0.1, -0.05) is 12.1 Å². The average Bonchev–Trinajstić information content (AvgIpc) is 1.39. The highest BCUT2D eigenvalue weighted by Crippen LogP contribution is 2.44. The molecule has 0 bridgehead atoms. The quantitative estimate of drug-likeness (QED) is 0.0478. The average molecular weight is 1630 g/mol. The second-order valence-electron chi connectivity index (χ2n) is 26.0. The summed E-state index contributed by atoms with van der Waals surface area (Å²) in [5.41, 5.74) is -0.743. The van der Waals surface area contributed by atoms with Gasteiger partial charge in [0.05, 0.1) is 17.9 Å². The Bertz CT molecular complexity index is 3780. The smallest absolute Gasteiger partial charge is 0.303 e. The summed E-state index contributed by atoms with van der Waals surface area (Å²) in [6.45, 7) is 9.05. The van der Waals surface area contributed by atoms with Crippen LogP contribution in [0, 0.1) is 0 Å². The maximum atomic E-state index is 15.4. The Morgan fingerprint density at radius 1 is 0.272 bits per heavy atom.